The molecule has 2 heterocycles. The summed E-state index contributed by atoms with van der Waals surface area (Å²) < 4.78 is 2.03. The summed E-state index contributed by atoms with van der Waals surface area (Å²) in [4.78, 5) is 2.36. The van der Waals surface area contributed by atoms with Crippen LogP contribution in [0.15, 0.2) is 6.33 Å². The molecule has 0 amide bonds. The predicted molar refractivity (Wildman–Crippen MR) is 50.5 cm³/mol. The Morgan fingerprint density at radius 2 is 2.31 bits per heavy atom. The van der Waals surface area contributed by atoms with Crippen molar-refractivity contribution in [1.82, 2.24) is 19.7 Å². The quantitative estimate of drug-likeness (QED) is 0.635. The third-order valence-electron chi connectivity index (χ3n) is 2.74. The van der Waals surface area contributed by atoms with Gasteiger partial charge < -0.3 is 9.47 Å². The van der Waals surface area contributed by atoms with E-state index in [9.17, 15) is 0 Å². The molecule has 1 aliphatic heterocycles. The van der Waals surface area contributed by atoms with E-state index in [4.69, 9.17) is 0 Å². The second-order valence-corrected chi connectivity index (χ2v) is 3.90. The Hall–Kier alpha value is -0.900. The van der Waals surface area contributed by atoms with Gasteiger partial charge in [0.2, 0.25) is 0 Å². The maximum Gasteiger partial charge on any atom is 0.136 e. The highest BCUT2D eigenvalue weighted by Crippen LogP contribution is 2.23. The first-order valence-corrected chi connectivity index (χ1v) is 4.80. The lowest BCUT2D eigenvalue weighted by molar-refractivity contribution is 0.243. The number of nitrogens with zero attached hydrogens (tertiary/aromatic N) is 4. The van der Waals surface area contributed by atoms with Crippen molar-refractivity contribution in [3.8, 4) is 0 Å². The summed E-state index contributed by atoms with van der Waals surface area (Å²) in [5.74, 6) is 1.71. The zero-order chi connectivity index (χ0) is 9.26. The third kappa shape index (κ3) is 1.72. The van der Waals surface area contributed by atoms with Crippen LogP contribution in [0.5, 0.6) is 0 Å². The molecule has 0 aromatic carbocycles. The fourth-order valence-corrected chi connectivity index (χ4v) is 2.04. The average molecular weight is 180 g/mol. The van der Waals surface area contributed by atoms with Crippen LogP contribution in [0.3, 0.4) is 0 Å². The topological polar surface area (TPSA) is 34.0 Å². The highest BCUT2D eigenvalue weighted by molar-refractivity contribution is 4.98. The Bertz CT molecular complexity index is 281. The van der Waals surface area contributed by atoms with Gasteiger partial charge in [-0.25, -0.2) is 0 Å². The molecule has 1 aromatic heterocycles. The van der Waals surface area contributed by atoms with Crippen molar-refractivity contribution < 1.29 is 0 Å². The van der Waals surface area contributed by atoms with Gasteiger partial charge in [-0.15, -0.1) is 10.2 Å². The predicted octanol–water partition coefficient (Wildman–Crippen LogP) is 0.624. The van der Waals surface area contributed by atoms with E-state index in [1.807, 2.05) is 11.6 Å². The van der Waals surface area contributed by atoms with E-state index >= 15 is 0 Å². The minimum absolute atomic E-state index is 0.575. The van der Waals surface area contributed by atoms with Crippen LogP contribution in [0.1, 0.15) is 24.6 Å². The fourth-order valence-electron chi connectivity index (χ4n) is 2.04. The lowest BCUT2D eigenvalue weighted by atomic mass is 9.98. The minimum Gasteiger partial charge on any atom is -0.320 e. The molecule has 4 heteroatoms. The first-order valence-electron chi connectivity index (χ1n) is 4.80. The lowest BCUT2D eigenvalue weighted by Gasteiger charge is -2.28. The molecule has 0 N–H and O–H groups in total. The molecule has 1 atom stereocenters. The Morgan fingerprint density at radius 3 is 2.92 bits per heavy atom. The summed E-state index contributed by atoms with van der Waals surface area (Å²) in [6, 6.07) is 0. The summed E-state index contributed by atoms with van der Waals surface area (Å²) in [6.07, 6.45) is 4.30. The van der Waals surface area contributed by atoms with Crippen molar-refractivity contribution in [3.05, 3.63) is 12.2 Å². The van der Waals surface area contributed by atoms with Crippen molar-refractivity contribution in [2.24, 2.45) is 7.05 Å². The monoisotopic (exact) mass is 180 g/mol. The SMILES string of the molecule is CN1CCCC(c2nncn2C)C1. The van der Waals surface area contributed by atoms with Gasteiger partial charge in [0, 0.05) is 19.5 Å². The zero-order valence-electron chi connectivity index (χ0n) is 8.27. The van der Waals surface area contributed by atoms with Crippen molar-refractivity contribution in [2.45, 2.75) is 18.8 Å². The highest BCUT2D eigenvalue weighted by Gasteiger charge is 2.22. The molecule has 0 saturated carbocycles. The molecule has 1 aromatic rings. The van der Waals surface area contributed by atoms with Crippen LogP contribution < -0.4 is 0 Å². The number of aryl methyl sites for hydroxylation is 1. The van der Waals surface area contributed by atoms with Gasteiger partial charge in [0.15, 0.2) is 0 Å². The molecule has 0 radical (unpaired) electrons. The molecule has 1 aliphatic rings. The normalized spacial score (nSPS) is 24.9. The van der Waals surface area contributed by atoms with E-state index in [0.717, 1.165) is 12.4 Å². The van der Waals surface area contributed by atoms with Crippen LogP contribution in [0.4, 0.5) is 0 Å². The number of likely N-dealkylation sites (tertiary alicyclic amines) is 1. The third-order valence-corrected chi connectivity index (χ3v) is 2.74. The summed E-state index contributed by atoms with van der Waals surface area (Å²) in [6.45, 7) is 2.33. The molecule has 0 bridgehead atoms. The second-order valence-electron chi connectivity index (χ2n) is 3.90. The molecule has 4 nitrogen and oxygen atoms in total. The van der Waals surface area contributed by atoms with Gasteiger partial charge in [-0.05, 0) is 26.4 Å². The van der Waals surface area contributed by atoms with E-state index < -0.39 is 0 Å². The van der Waals surface area contributed by atoms with Crippen molar-refractivity contribution in [1.29, 1.82) is 0 Å². The Kier molecular flexibility index (Phi) is 2.31. The van der Waals surface area contributed by atoms with E-state index in [0.29, 0.717) is 5.92 Å². The summed E-state index contributed by atoms with van der Waals surface area (Å²) in [5.41, 5.74) is 0. The second kappa shape index (κ2) is 3.46. The Labute approximate surface area is 78.6 Å². The van der Waals surface area contributed by atoms with Crippen LogP contribution in [0.25, 0.3) is 0 Å². The molecule has 2 rings (SSSR count). The van der Waals surface area contributed by atoms with Crippen LogP contribution in [-0.4, -0.2) is 39.8 Å². The lowest BCUT2D eigenvalue weighted by Crippen LogP contribution is -2.31. The number of aromatic nitrogens is 3. The van der Waals surface area contributed by atoms with Crippen molar-refractivity contribution >= 4 is 0 Å². The summed E-state index contributed by atoms with van der Waals surface area (Å²) >= 11 is 0. The van der Waals surface area contributed by atoms with Gasteiger partial charge in [-0.3, -0.25) is 0 Å². The summed E-state index contributed by atoms with van der Waals surface area (Å²) in [7, 11) is 4.19. The van der Waals surface area contributed by atoms with Crippen LogP contribution in [0, 0.1) is 0 Å². The molecule has 0 aliphatic carbocycles. The number of likely N-dealkylation sites (N-methyl/N-ethyl adjacent to an activating group) is 1. The van der Waals surface area contributed by atoms with Crippen molar-refractivity contribution in [2.75, 3.05) is 20.1 Å². The molecule has 1 unspecified atom stereocenters. The van der Waals surface area contributed by atoms with Gasteiger partial charge in [-0.2, -0.15) is 0 Å². The molecule has 72 valence electrons. The standard InChI is InChI=1S/C9H16N4/c1-12-5-3-4-8(6-12)9-11-10-7-13(9)2/h7-8H,3-6H2,1-2H3. The molecule has 13 heavy (non-hydrogen) atoms. The Balaban J connectivity index is 2.12. The fraction of sp³-hybridized carbons (Fsp3) is 0.778. The molecule has 1 saturated heterocycles. The van der Waals surface area contributed by atoms with Gasteiger partial charge in [-0.1, -0.05) is 0 Å². The molecular formula is C9H16N4. The van der Waals surface area contributed by atoms with Crippen LogP contribution in [0.2, 0.25) is 0 Å². The number of piperidine rings is 1. The van der Waals surface area contributed by atoms with Gasteiger partial charge in [0.05, 0.1) is 0 Å². The largest absolute Gasteiger partial charge is 0.320 e. The average Bonchev–Trinajstić information content (AvgIpc) is 2.51. The highest BCUT2D eigenvalue weighted by atomic mass is 15.3. The van der Waals surface area contributed by atoms with E-state index in [2.05, 4.69) is 22.1 Å². The van der Waals surface area contributed by atoms with Gasteiger partial charge in [0.25, 0.3) is 0 Å². The van der Waals surface area contributed by atoms with Crippen LogP contribution in [-0.2, 0) is 7.05 Å². The molecule has 0 spiro atoms. The van der Waals surface area contributed by atoms with Gasteiger partial charge in [0.1, 0.15) is 12.2 Å². The number of hydrogen-bond donors (Lipinski definition) is 0. The van der Waals surface area contributed by atoms with Gasteiger partial charge >= 0.3 is 0 Å². The smallest absolute Gasteiger partial charge is 0.136 e. The number of rotatable bonds is 1. The first-order chi connectivity index (χ1) is 6.27. The summed E-state index contributed by atoms with van der Waals surface area (Å²) in [5, 5.41) is 8.08. The first kappa shape index (κ1) is 8.69. The van der Waals surface area contributed by atoms with E-state index in [-0.39, 0.29) is 0 Å². The van der Waals surface area contributed by atoms with E-state index in [1.54, 1.807) is 6.33 Å². The van der Waals surface area contributed by atoms with Crippen molar-refractivity contribution in [3.63, 3.8) is 0 Å². The van der Waals surface area contributed by atoms with E-state index in [1.165, 1.54) is 19.4 Å². The number of hydrogen-bond acceptors (Lipinski definition) is 3. The molecular weight excluding hydrogens is 164 g/mol. The van der Waals surface area contributed by atoms with Crippen LogP contribution >= 0.6 is 0 Å². The zero-order valence-corrected chi connectivity index (χ0v) is 8.27. The molecule has 1 fully saturated rings. The Morgan fingerprint density at radius 1 is 1.46 bits per heavy atom. The minimum atomic E-state index is 0.575. The maximum atomic E-state index is 4.16. The maximum absolute atomic E-state index is 4.16.